The summed E-state index contributed by atoms with van der Waals surface area (Å²) in [6, 6.07) is 3.83. The predicted octanol–water partition coefficient (Wildman–Crippen LogP) is 1.38. The van der Waals surface area contributed by atoms with Crippen molar-refractivity contribution in [3.05, 3.63) is 30.2 Å². The van der Waals surface area contributed by atoms with E-state index >= 15 is 0 Å². The van der Waals surface area contributed by atoms with E-state index in [2.05, 4.69) is 15.2 Å². The monoisotopic (exact) mass is 235 g/mol. The summed E-state index contributed by atoms with van der Waals surface area (Å²) in [5.74, 6) is 0. The van der Waals surface area contributed by atoms with Crippen molar-refractivity contribution in [2.24, 2.45) is 12.8 Å². The summed E-state index contributed by atoms with van der Waals surface area (Å²) >= 11 is 1.47. The van der Waals surface area contributed by atoms with Crippen molar-refractivity contribution in [3.63, 3.8) is 0 Å². The van der Waals surface area contributed by atoms with Crippen LogP contribution >= 0.6 is 11.8 Å². The average molecular weight is 235 g/mol. The quantitative estimate of drug-likeness (QED) is 0.870. The van der Waals surface area contributed by atoms with Crippen LogP contribution in [0.4, 0.5) is 0 Å². The van der Waals surface area contributed by atoms with Gasteiger partial charge in [-0.25, -0.2) is 4.98 Å². The zero-order valence-electron chi connectivity index (χ0n) is 9.16. The molecule has 0 aliphatic carbocycles. The Morgan fingerprint density at radius 1 is 1.50 bits per heavy atom. The standard InChI is InChI=1S/C10H13N5S/c1-7(11)8-4-3-5-12-9(8)16-10-14-13-6-15(10)2/h3-7H,11H2,1-2H3/t7-/m0/s1. The molecule has 84 valence electrons. The van der Waals surface area contributed by atoms with Gasteiger partial charge in [-0.3, -0.25) is 0 Å². The van der Waals surface area contributed by atoms with E-state index in [4.69, 9.17) is 5.73 Å². The normalized spacial score (nSPS) is 12.7. The molecule has 0 unspecified atom stereocenters. The van der Waals surface area contributed by atoms with Crippen molar-refractivity contribution in [1.29, 1.82) is 0 Å². The molecule has 6 heteroatoms. The van der Waals surface area contributed by atoms with Crippen molar-refractivity contribution in [3.8, 4) is 0 Å². The van der Waals surface area contributed by atoms with Gasteiger partial charge in [0.15, 0.2) is 5.16 Å². The molecule has 16 heavy (non-hydrogen) atoms. The van der Waals surface area contributed by atoms with Crippen molar-refractivity contribution in [2.45, 2.75) is 23.1 Å². The molecule has 0 spiro atoms. The molecule has 0 saturated heterocycles. The molecule has 0 bridgehead atoms. The van der Waals surface area contributed by atoms with Gasteiger partial charge in [0.1, 0.15) is 11.4 Å². The summed E-state index contributed by atoms with van der Waals surface area (Å²) in [6.45, 7) is 1.94. The Bertz CT molecular complexity index is 480. The number of nitrogens with two attached hydrogens (primary N) is 1. The maximum atomic E-state index is 5.89. The Balaban J connectivity index is 2.31. The third-order valence-corrected chi connectivity index (χ3v) is 3.24. The zero-order chi connectivity index (χ0) is 11.5. The van der Waals surface area contributed by atoms with Gasteiger partial charge in [-0.05, 0) is 24.8 Å². The van der Waals surface area contributed by atoms with E-state index in [0.717, 1.165) is 15.7 Å². The van der Waals surface area contributed by atoms with Gasteiger partial charge in [-0.2, -0.15) is 0 Å². The Hall–Kier alpha value is -1.40. The van der Waals surface area contributed by atoms with E-state index in [-0.39, 0.29) is 6.04 Å². The second kappa shape index (κ2) is 4.63. The fraction of sp³-hybridized carbons (Fsp3) is 0.300. The highest BCUT2D eigenvalue weighted by Gasteiger charge is 2.11. The average Bonchev–Trinajstić information content (AvgIpc) is 2.65. The van der Waals surface area contributed by atoms with Crippen LogP contribution in [0.25, 0.3) is 0 Å². The number of hydrogen-bond donors (Lipinski definition) is 1. The van der Waals surface area contributed by atoms with Crippen molar-refractivity contribution in [2.75, 3.05) is 0 Å². The van der Waals surface area contributed by atoms with E-state index in [1.54, 1.807) is 12.5 Å². The summed E-state index contributed by atoms with van der Waals surface area (Å²) in [6.07, 6.45) is 3.42. The Labute approximate surface area is 98.1 Å². The minimum atomic E-state index is -0.0376. The molecule has 0 amide bonds. The first kappa shape index (κ1) is 11.1. The summed E-state index contributed by atoms with van der Waals surface area (Å²) in [5.41, 5.74) is 6.91. The van der Waals surface area contributed by atoms with E-state index < -0.39 is 0 Å². The highest BCUT2D eigenvalue weighted by molar-refractivity contribution is 7.99. The number of aromatic nitrogens is 4. The van der Waals surface area contributed by atoms with Gasteiger partial charge < -0.3 is 10.3 Å². The fourth-order valence-electron chi connectivity index (χ4n) is 1.29. The third-order valence-electron chi connectivity index (χ3n) is 2.15. The van der Waals surface area contributed by atoms with Crippen LogP contribution < -0.4 is 5.73 Å². The van der Waals surface area contributed by atoms with Crippen molar-refractivity contribution >= 4 is 11.8 Å². The van der Waals surface area contributed by atoms with Gasteiger partial charge in [0.05, 0.1) is 0 Å². The van der Waals surface area contributed by atoms with Gasteiger partial charge in [-0.1, -0.05) is 6.07 Å². The minimum Gasteiger partial charge on any atom is -0.324 e. The second-order valence-corrected chi connectivity index (χ2v) is 4.47. The molecule has 2 heterocycles. The molecular formula is C10H13N5S. The second-order valence-electron chi connectivity index (χ2n) is 3.51. The summed E-state index contributed by atoms with van der Waals surface area (Å²) < 4.78 is 1.85. The lowest BCUT2D eigenvalue weighted by atomic mass is 10.2. The molecule has 0 saturated carbocycles. The molecule has 0 aliphatic rings. The first-order valence-electron chi connectivity index (χ1n) is 4.91. The van der Waals surface area contributed by atoms with Crippen molar-refractivity contribution in [1.82, 2.24) is 19.7 Å². The molecule has 0 fully saturated rings. The van der Waals surface area contributed by atoms with Crippen molar-refractivity contribution < 1.29 is 0 Å². The third kappa shape index (κ3) is 2.23. The van der Waals surface area contributed by atoms with E-state index in [9.17, 15) is 0 Å². The molecule has 0 aliphatic heterocycles. The summed E-state index contributed by atoms with van der Waals surface area (Å²) in [4.78, 5) is 4.32. The van der Waals surface area contributed by atoms with E-state index in [0.29, 0.717) is 0 Å². The van der Waals surface area contributed by atoms with E-state index in [1.165, 1.54) is 11.8 Å². The summed E-state index contributed by atoms with van der Waals surface area (Å²) in [5, 5.41) is 9.52. The molecule has 1 atom stereocenters. The van der Waals surface area contributed by atoms with Crippen LogP contribution in [-0.2, 0) is 7.05 Å². The van der Waals surface area contributed by atoms with E-state index in [1.807, 2.05) is 30.7 Å². The zero-order valence-corrected chi connectivity index (χ0v) is 9.98. The van der Waals surface area contributed by atoms with Gasteiger partial charge in [0.25, 0.3) is 0 Å². The van der Waals surface area contributed by atoms with Crippen LogP contribution in [-0.4, -0.2) is 19.7 Å². The number of pyridine rings is 1. The van der Waals surface area contributed by atoms with Gasteiger partial charge in [-0.15, -0.1) is 10.2 Å². The number of nitrogens with zero attached hydrogens (tertiary/aromatic N) is 4. The number of hydrogen-bond acceptors (Lipinski definition) is 5. The van der Waals surface area contributed by atoms with Gasteiger partial charge in [0, 0.05) is 24.8 Å². The highest BCUT2D eigenvalue weighted by atomic mass is 32.2. The van der Waals surface area contributed by atoms with Gasteiger partial charge >= 0.3 is 0 Å². The molecule has 2 aromatic heterocycles. The lowest BCUT2D eigenvalue weighted by molar-refractivity contribution is 0.766. The maximum absolute atomic E-state index is 5.89. The topological polar surface area (TPSA) is 69.6 Å². The van der Waals surface area contributed by atoms with Crippen LogP contribution in [0.5, 0.6) is 0 Å². The Morgan fingerprint density at radius 3 is 2.94 bits per heavy atom. The minimum absolute atomic E-state index is 0.0376. The van der Waals surface area contributed by atoms with Gasteiger partial charge in [0.2, 0.25) is 0 Å². The lowest BCUT2D eigenvalue weighted by Crippen LogP contribution is -2.07. The molecule has 5 nitrogen and oxygen atoms in total. The first-order chi connectivity index (χ1) is 7.68. The SMILES string of the molecule is C[C@H](N)c1cccnc1Sc1nncn1C. The van der Waals surface area contributed by atoms with Crippen LogP contribution in [0.2, 0.25) is 0 Å². The van der Waals surface area contributed by atoms with Crippen LogP contribution in [0.15, 0.2) is 34.8 Å². The fourth-order valence-corrected chi connectivity index (χ4v) is 2.22. The largest absolute Gasteiger partial charge is 0.324 e. The smallest absolute Gasteiger partial charge is 0.197 e. The lowest BCUT2D eigenvalue weighted by Gasteiger charge is -2.09. The summed E-state index contributed by atoms with van der Waals surface area (Å²) in [7, 11) is 1.90. The van der Waals surface area contributed by atoms with Crippen LogP contribution in [0, 0.1) is 0 Å². The first-order valence-corrected chi connectivity index (χ1v) is 5.72. The molecule has 2 rings (SSSR count). The molecular weight excluding hydrogens is 222 g/mol. The molecule has 0 radical (unpaired) electrons. The maximum Gasteiger partial charge on any atom is 0.197 e. The Kier molecular flexibility index (Phi) is 3.21. The number of aryl methyl sites for hydroxylation is 1. The van der Waals surface area contributed by atoms with Crippen LogP contribution in [0.3, 0.4) is 0 Å². The van der Waals surface area contributed by atoms with Crippen LogP contribution in [0.1, 0.15) is 18.5 Å². The number of rotatable bonds is 3. The highest BCUT2D eigenvalue weighted by Crippen LogP contribution is 2.28. The predicted molar refractivity (Wildman–Crippen MR) is 62.0 cm³/mol. The molecule has 0 aromatic carbocycles. The molecule has 2 N–H and O–H groups in total. The molecule has 2 aromatic rings. The Morgan fingerprint density at radius 2 is 2.31 bits per heavy atom.